The number of nitrogens with one attached hydrogen (secondary N) is 1. The Morgan fingerprint density at radius 1 is 1.07 bits per heavy atom. The fourth-order valence-corrected chi connectivity index (χ4v) is 2.77. The van der Waals surface area contributed by atoms with Gasteiger partial charge in [0, 0.05) is 33.9 Å². The van der Waals surface area contributed by atoms with Crippen molar-refractivity contribution in [1.82, 2.24) is 9.97 Å². The van der Waals surface area contributed by atoms with Crippen LogP contribution in [0.2, 0.25) is 0 Å². The molecule has 1 aromatic heterocycles. The number of hydrogen-bond acceptors (Lipinski definition) is 8. The van der Waals surface area contributed by atoms with E-state index in [4.69, 9.17) is 33.9 Å². The van der Waals surface area contributed by atoms with Crippen molar-refractivity contribution < 1.29 is 22.4 Å². The average Bonchev–Trinajstić information content (AvgIpc) is 2.69. The van der Waals surface area contributed by atoms with Gasteiger partial charge < -0.3 is 31.0 Å². The monoisotopic (exact) mass is 375 g/mol. The molecule has 0 aliphatic rings. The topological polar surface area (TPSA) is 118 Å². The van der Waals surface area contributed by atoms with Gasteiger partial charge in [0.25, 0.3) is 0 Å². The quantitative estimate of drug-likeness (QED) is 0.602. The summed E-state index contributed by atoms with van der Waals surface area (Å²) < 4.78 is 61.8. The SMILES string of the molecule is [2H]C([2H])([2H])Oc1cc(NCc2ccc3nc(N)nc(N)c3c2C([2H])([2H])[2H])cc(OC)c1OC. The van der Waals surface area contributed by atoms with Crippen LogP contribution in [0.1, 0.15) is 19.4 Å². The molecule has 3 aromatic rings. The maximum absolute atomic E-state index is 8.02. The summed E-state index contributed by atoms with van der Waals surface area (Å²) in [7, 11) is 0.0304. The summed E-state index contributed by atoms with van der Waals surface area (Å²) in [6.45, 7) is -2.46. The Labute approximate surface area is 165 Å². The molecule has 0 bridgehead atoms. The van der Waals surface area contributed by atoms with E-state index in [0.717, 1.165) is 0 Å². The number of rotatable bonds is 6. The average molecular weight is 375 g/mol. The number of nitrogens with two attached hydrogens (primary N) is 2. The van der Waals surface area contributed by atoms with Crippen molar-refractivity contribution in [3.05, 3.63) is 35.4 Å². The van der Waals surface area contributed by atoms with Crippen molar-refractivity contribution in [3.8, 4) is 17.2 Å². The lowest BCUT2D eigenvalue weighted by atomic mass is 10.0. The first-order chi connectivity index (χ1) is 15.3. The lowest BCUT2D eigenvalue weighted by molar-refractivity contribution is 0.324. The van der Waals surface area contributed by atoms with Crippen LogP contribution in [0.4, 0.5) is 17.5 Å². The molecule has 142 valence electrons. The maximum atomic E-state index is 8.02. The molecule has 0 amide bonds. The highest BCUT2D eigenvalue weighted by Gasteiger charge is 2.14. The van der Waals surface area contributed by atoms with Gasteiger partial charge >= 0.3 is 0 Å². The van der Waals surface area contributed by atoms with Crippen LogP contribution in [0, 0.1) is 6.85 Å². The summed E-state index contributed by atoms with van der Waals surface area (Å²) in [5.41, 5.74) is 12.7. The van der Waals surface area contributed by atoms with Crippen LogP contribution in [0.25, 0.3) is 10.9 Å². The summed E-state index contributed by atoms with van der Waals surface area (Å²) in [6, 6.07) is 6.19. The van der Waals surface area contributed by atoms with Gasteiger partial charge in [0.15, 0.2) is 11.5 Å². The van der Waals surface area contributed by atoms with Crippen LogP contribution >= 0.6 is 0 Å². The van der Waals surface area contributed by atoms with E-state index in [-0.39, 0.29) is 46.5 Å². The summed E-state index contributed by atoms with van der Waals surface area (Å²) >= 11 is 0. The maximum Gasteiger partial charge on any atom is 0.222 e. The van der Waals surface area contributed by atoms with E-state index in [1.165, 1.54) is 20.3 Å². The Hall–Kier alpha value is -3.42. The van der Waals surface area contributed by atoms with Crippen molar-refractivity contribution in [2.45, 2.75) is 13.4 Å². The summed E-state index contributed by atoms with van der Waals surface area (Å²) in [4.78, 5) is 7.97. The zero-order valence-electron chi connectivity index (χ0n) is 20.8. The van der Waals surface area contributed by atoms with E-state index in [1.54, 1.807) is 18.2 Å². The number of ether oxygens (including phenoxy) is 3. The van der Waals surface area contributed by atoms with E-state index in [0.29, 0.717) is 16.8 Å². The third kappa shape index (κ3) is 3.46. The number of nitrogens with zero attached hydrogens (tertiary/aromatic N) is 2. The Bertz CT molecular complexity index is 1180. The van der Waals surface area contributed by atoms with Gasteiger partial charge in [0.2, 0.25) is 11.7 Å². The van der Waals surface area contributed by atoms with Crippen LogP contribution in [0.15, 0.2) is 24.3 Å². The highest BCUT2D eigenvalue weighted by molar-refractivity contribution is 5.92. The number of anilines is 3. The van der Waals surface area contributed by atoms with Gasteiger partial charge in [0.05, 0.1) is 30.9 Å². The molecule has 0 radical (unpaired) electrons. The molecule has 3 rings (SSSR count). The first-order valence-electron chi connectivity index (χ1n) is 10.9. The summed E-state index contributed by atoms with van der Waals surface area (Å²) in [6.07, 6.45) is 0. The molecule has 8 heteroatoms. The molecule has 0 saturated carbocycles. The predicted octanol–water partition coefficient (Wildman–Crippen LogP) is 2.74. The molecule has 0 atom stereocenters. The van der Waals surface area contributed by atoms with Crippen molar-refractivity contribution in [3.63, 3.8) is 0 Å². The molecule has 0 aliphatic heterocycles. The number of methoxy groups -OCH3 is 3. The van der Waals surface area contributed by atoms with E-state index < -0.39 is 13.9 Å². The number of aromatic nitrogens is 2. The summed E-state index contributed by atoms with van der Waals surface area (Å²) in [5.74, 6) is 0.168. The molecule has 8 nitrogen and oxygen atoms in total. The normalized spacial score (nSPS) is 14.9. The second kappa shape index (κ2) is 7.45. The van der Waals surface area contributed by atoms with Gasteiger partial charge in [-0.1, -0.05) is 6.07 Å². The van der Waals surface area contributed by atoms with Gasteiger partial charge in [-0.2, -0.15) is 4.98 Å². The van der Waals surface area contributed by atoms with Gasteiger partial charge in [-0.3, -0.25) is 0 Å². The van der Waals surface area contributed by atoms with E-state index in [9.17, 15) is 0 Å². The Kier molecular flexibility index (Phi) is 3.32. The van der Waals surface area contributed by atoms with Gasteiger partial charge in [-0.15, -0.1) is 0 Å². The van der Waals surface area contributed by atoms with Gasteiger partial charge in [-0.05, 0) is 24.0 Å². The zero-order chi connectivity index (χ0) is 24.6. The van der Waals surface area contributed by atoms with Gasteiger partial charge in [0.1, 0.15) is 5.82 Å². The Morgan fingerprint density at radius 3 is 2.52 bits per heavy atom. The number of fused-ring (bicyclic) bond motifs is 1. The first-order valence-corrected chi connectivity index (χ1v) is 7.88. The second-order valence-corrected chi connectivity index (χ2v) is 5.63. The second-order valence-electron chi connectivity index (χ2n) is 5.63. The van der Waals surface area contributed by atoms with Crippen LogP contribution in [0.5, 0.6) is 17.2 Å². The molecule has 27 heavy (non-hydrogen) atoms. The Morgan fingerprint density at radius 2 is 1.85 bits per heavy atom. The third-order valence-electron chi connectivity index (χ3n) is 4.03. The number of hydrogen-bond donors (Lipinski definition) is 3. The minimum atomic E-state index is -2.72. The van der Waals surface area contributed by atoms with Crippen molar-refractivity contribution in [2.24, 2.45) is 0 Å². The fourth-order valence-electron chi connectivity index (χ4n) is 2.77. The minimum absolute atomic E-state index is 0.00978. The smallest absolute Gasteiger partial charge is 0.222 e. The van der Waals surface area contributed by atoms with Crippen LogP contribution in [-0.4, -0.2) is 31.2 Å². The largest absolute Gasteiger partial charge is 0.493 e. The van der Waals surface area contributed by atoms with Crippen molar-refractivity contribution in [2.75, 3.05) is 38.0 Å². The van der Waals surface area contributed by atoms with E-state index in [1.807, 2.05) is 0 Å². The van der Waals surface area contributed by atoms with Gasteiger partial charge in [-0.25, -0.2) is 4.98 Å². The number of aryl methyl sites for hydroxylation is 1. The van der Waals surface area contributed by atoms with E-state index >= 15 is 0 Å². The first kappa shape index (κ1) is 12.1. The zero-order valence-corrected chi connectivity index (χ0v) is 14.8. The molecule has 5 N–H and O–H groups in total. The van der Waals surface area contributed by atoms with Crippen molar-refractivity contribution in [1.29, 1.82) is 0 Å². The fraction of sp³-hybridized carbons (Fsp3) is 0.263. The lowest BCUT2D eigenvalue weighted by Gasteiger charge is -2.16. The molecule has 0 unspecified atom stereocenters. The highest BCUT2D eigenvalue weighted by atomic mass is 16.5. The highest BCUT2D eigenvalue weighted by Crippen LogP contribution is 2.40. The van der Waals surface area contributed by atoms with Crippen LogP contribution in [0.3, 0.4) is 0 Å². The molecular formula is C19H23N5O3. The lowest BCUT2D eigenvalue weighted by Crippen LogP contribution is -2.06. The minimum Gasteiger partial charge on any atom is -0.493 e. The standard InChI is InChI=1S/C19H23N5O3/c1-10-11(5-6-13-16(10)18(20)24-19(21)23-13)9-22-12-7-14(25-2)17(27-4)15(8-12)26-3/h5-8,22H,9H2,1-4H3,(H4,20,21,23,24)/i1D3,2D3. The summed E-state index contributed by atoms with van der Waals surface area (Å²) in [5, 5.41) is 3.26. The van der Waals surface area contributed by atoms with Crippen LogP contribution < -0.4 is 31.0 Å². The Balaban J connectivity index is 2.05. The molecule has 0 fully saturated rings. The molecule has 0 saturated heterocycles. The molecule has 0 aliphatic carbocycles. The molecule has 1 heterocycles. The number of nitrogen functional groups attached to an aromatic ring is 2. The third-order valence-corrected chi connectivity index (χ3v) is 4.03. The molecule has 2 aromatic carbocycles. The van der Waals surface area contributed by atoms with Crippen molar-refractivity contribution >= 4 is 28.4 Å². The number of benzene rings is 2. The predicted molar refractivity (Wildman–Crippen MR) is 107 cm³/mol. The van der Waals surface area contributed by atoms with Crippen LogP contribution in [-0.2, 0) is 6.54 Å². The molecule has 0 spiro atoms. The molecular weight excluding hydrogens is 346 g/mol. The van der Waals surface area contributed by atoms with E-state index in [2.05, 4.69) is 15.3 Å².